The van der Waals surface area contributed by atoms with Crippen LogP contribution in [0.25, 0.3) is 0 Å². The first kappa shape index (κ1) is 15.1. The molecule has 2 unspecified atom stereocenters. The molecule has 102 valence electrons. The van der Waals surface area contributed by atoms with Crippen LogP contribution in [0.15, 0.2) is 18.2 Å². The van der Waals surface area contributed by atoms with Gasteiger partial charge in [0.15, 0.2) is 11.6 Å². The fourth-order valence-electron chi connectivity index (χ4n) is 1.70. The van der Waals surface area contributed by atoms with Gasteiger partial charge >= 0.3 is 0 Å². The van der Waals surface area contributed by atoms with Crippen LogP contribution in [0, 0.1) is 17.6 Å². The molecule has 18 heavy (non-hydrogen) atoms. The Morgan fingerprint density at radius 1 is 1.17 bits per heavy atom. The molecule has 2 N–H and O–H groups in total. The van der Waals surface area contributed by atoms with E-state index in [4.69, 9.17) is 0 Å². The third kappa shape index (κ3) is 4.35. The molecule has 4 heteroatoms. The summed E-state index contributed by atoms with van der Waals surface area (Å²) in [5.74, 6) is -1.24. The van der Waals surface area contributed by atoms with Crippen LogP contribution in [0.1, 0.15) is 38.9 Å². The largest absolute Gasteiger partial charge is 0.387 e. The van der Waals surface area contributed by atoms with E-state index in [1.807, 2.05) is 6.92 Å². The molecule has 0 heterocycles. The van der Waals surface area contributed by atoms with Crippen molar-refractivity contribution in [1.82, 2.24) is 5.32 Å². The van der Waals surface area contributed by atoms with Crippen molar-refractivity contribution in [3.8, 4) is 0 Å². The van der Waals surface area contributed by atoms with E-state index < -0.39 is 17.7 Å². The van der Waals surface area contributed by atoms with Gasteiger partial charge in [-0.3, -0.25) is 0 Å². The smallest absolute Gasteiger partial charge is 0.159 e. The summed E-state index contributed by atoms with van der Waals surface area (Å²) in [4.78, 5) is 0. The van der Waals surface area contributed by atoms with Crippen molar-refractivity contribution in [1.29, 1.82) is 0 Å². The number of rotatable bonds is 6. The van der Waals surface area contributed by atoms with Crippen LogP contribution < -0.4 is 5.32 Å². The summed E-state index contributed by atoms with van der Waals surface area (Å²) in [6, 6.07) is 3.28. The predicted molar refractivity (Wildman–Crippen MR) is 68.2 cm³/mol. The molecular weight excluding hydrogens is 236 g/mol. The van der Waals surface area contributed by atoms with Crippen LogP contribution in [-0.4, -0.2) is 17.7 Å². The fraction of sp³-hybridized carbons (Fsp3) is 0.571. The van der Waals surface area contributed by atoms with E-state index >= 15 is 0 Å². The summed E-state index contributed by atoms with van der Waals surface area (Å²) in [7, 11) is 0. The number of hydrogen-bond acceptors (Lipinski definition) is 2. The normalized spacial score (nSPS) is 14.8. The number of benzene rings is 1. The molecule has 0 amide bonds. The Labute approximate surface area is 107 Å². The second-order valence-corrected chi connectivity index (χ2v) is 5.04. The van der Waals surface area contributed by atoms with Crippen LogP contribution in [0.2, 0.25) is 0 Å². The molecule has 0 aliphatic carbocycles. The Hall–Kier alpha value is -1.00. The summed E-state index contributed by atoms with van der Waals surface area (Å²) < 4.78 is 25.8. The van der Waals surface area contributed by atoms with Gasteiger partial charge in [0, 0.05) is 6.04 Å². The van der Waals surface area contributed by atoms with E-state index in [0.717, 1.165) is 25.1 Å². The van der Waals surface area contributed by atoms with Crippen molar-refractivity contribution in [2.45, 2.75) is 39.3 Å². The molecule has 0 bridgehead atoms. The second-order valence-electron chi connectivity index (χ2n) is 5.04. The molecule has 0 aliphatic heterocycles. The van der Waals surface area contributed by atoms with Gasteiger partial charge in [0.1, 0.15) is 0 Å². The summed E-state index contributed by atoms with van der Waals surface area (Å²) in [5, 5.41) is 13.2. The highest BCUT2D eigenvalue weighted by molar-refractivity contribution is 5.21. The van der Waals surface area contributed by atoms with Gasteiger partial charge in [-0.1, -0.05) is 19.9 Å². The van der Waals surface area contributed by atoms with Crippen molar-refractivity contribution in [2.75, 3.05) is 6.54 Å². The third-order valence-corrected chi connectivity index (χ3v) is 2.95. The zero-order valence-corrected chi connectivity index (χ0v) is 11.1. The van der Waals surface area contributed by atoms with Gasteiger partial charge < -0.3 is 10.4 Å². The Balaban J connectivity index is 2.56. The lowest BCUT2D eigenvalue weighted by molar-refractivity contribution is 0.135. The van der Waals surface area contributed by atoms with Crippen LogP contribution in [-0.2, 0) is 0 Å². The molecule has 2 nitrogen and oxygen atoms in total. The molecule has 0 saturated heterocycles. The Bertz CT molecular complexity index is 382. The van der Waals surface area contributed by atoms with Crippen molar-refractivity contribution in [2.24, 2.45) is 5.92 Å². The maximum Gasteiger partial charge on any atom is 0.159 e. The number of halogens is 2. The highest BCUT2D eigenvalue weighted by atomic mass is 19.2. The van der Waals surface area contributed by atoms with Gasteiger partial charge in [0.05, 0.1) is 6.10 Å². The molecule has 0 saturated carbocycles. The summed E-state index contributed by atoms with van der Waals surface area (Å²) in [5.41, 5.74) is 0.387. The minimum absolute atomic E-state index is 0.200. The van der Waals surface area contributed by atoms with E-state index in [0.29, 0.717) is 11.5 Å². The fourth-order valence-corrected chi connectivity index (χ4v) is 1.70. The van der Waals surface area contributed by atoms with Crippen LogP contribution in [0.5, 0.6) is 0 Å². The van der Waals surface area contributed by atoms with Crippen LogP contribution in [0.3, 0.4) is 0 Å². The van der Waals surface area contributed by atoms with Crippen molar-refractivity contribution in [3.05, 3.63) is 35.4 Å². The Kier molecular flexibility index (Phi) is 5.69. The third-order valence-electron chi connectivity index (χ3n) is 2.95. The average molecular weight is 257 g/mol. The Morgan fingerprint density at radius 2 is 1.83 bits per heavy atom. The minimum Gasteiger partial charge on any atom is -0.387 e. The molecule has 1 aromatic carbocycles. The maximum atomic E-state index is 13.1. The van der Waals surface area contributed by atoms with Gasteiger partial charge in [-0.2, -0.15) is 0 Å². The highest BCUT2D eigenvalue weighted by Gasteiger charge is 2.17. The number of nitrogens with one attached hydrogen (secondary N) is 1. The van der Waals surface area contributed by atoms with Gasteiger partial charge in [0.2, 0.25) is 0 Å². The van der Waals surface area contributed by atoms with Gasteiger partial charge in [0.25, 0.3) is 0 Å². The van der Waals surface area contributed by atoms with Gasteiger partial charge in [-0.25, -0.2) is 8.78 Å². The average Bonchev–Trinajstić information content (AvgIpc) is 2.31. The minimum atomic E-state index is -0.930. The topological polar surface area (TPSA) is 32.3 Å². The highest BCUT2D eigenvalue weighted by Crippen LogP contribution is 2.19. The molecule has 0 radical (unpaired) electrons. The zero-order chi connectivity index (χ0) is 13.7. The lowest BCUT2D eigenvalue weighted by atomic mass is 10.0. The summed E-state index contributed by atoms with van der Waals surface area (Å²) in [6.07, 6.45) is 0.168. The lowest BCUT2D eigenvalue weighted by Crippen LogP contribution is -2.33. The predicted octanol–water partition coefficient (Wildman–Crippen LogP) is 3.02. The summed E-state index contributed by atoms with van der Waals surface area (Å²) in [6.45, 7) is 6.86. The quantitative estimate of drug-likeness (QED) is 0.821. The maximum absolute atomic E-state index is 13.1. The van der Waals surface area contributed by atoms with Gasteiger partial charge in [-0.15, -0.1) is 0 Å². The van der Waals surface area contributed by atoms with E-state index in [1.54, 1.807) is 0 Å². The van der Waals surface area contributed by atoms with Crippen molar-refractivity contribution < 1.29 is 13.9 Å². The van der Waals surface area contributed by atoms with Gasteiger partial charge in [-0.05, 0) is 43.5 Å². The molecule has 1 aromatic rings. The van der Waals surface area contributed by atoms with E-state index in [-0.39, 0.29) is 6.04 Å². The van der Waals surface area contributed by atoms with Crippen molar-refractivity contribution in [3.63, 3.8) is 0 Å². The SMILES string of the molecule is CC(C)CCNC(C)C(O)c1ccc(F)c(F)c1. The first-order valence-corrected chi connectivity index (χ1v) is 6.28. The van der Waals surface area contributed by atoms with E-state index in [1.165, 1.54) is 6.07 Å². The van der Waals surface area contributed by atoms with E-state index in [9.17, 15) is 13.9 Å². The number of hydrogen-bond donors (Lipinski definition) is 2. The Morgan fingerprint density at radius 3 is 2.39 bits per heavy atom. The molecular formula is C14H21F2NO. The lowest BCUT2D eigenvalue weighted by Gasteiger charge is -2.21. The second kappa shape index (κ2) is 6.81. The molecule has 0 fully saturated rings. The van der Waals surface area contributed by atoms with Crippen LogP contribution >= 0.6 is 0 Å². The van der Waals surface area contributed by atoms with E-state index in [2.05, 4.69) is 19.2 Å². The molecule has 0 aliphatic rings. The molecule has 0 spiro atoms. The first-order valence-electron chi connectivity index (χ1n) is 6.28. The molecule has 1 rings (SSSR count). The monoisotopic (exact) mass is 257 g/mol. The first-order chi connectivity index (χ1) is 8.41. The zero-order valence-electron chi connectivity index (χ0n) is 11.1. The van der Waals surface area contributed by atoms with Crippen LogP contribution in [0.4, 0.5) is 8.78 Å². The standard InChI is InChI=1S/C14H21F2NO/c1-9(2)6-7-17-10(3)14(18)11-4-5-12(15)13(16)8-11/h4-5,8-10,14,17-18H,6-7H2,1-3H3. The molecule has 0 aromatic heterocycles. The molecule has 2 atom stereocenters. The van der Waals surface area contributed by atoms with Crippen molar-refractivity contribution >= 4 is 0 Å². The summed E-state index contributed by atoms with van der Waals surface area (Å²) >= 11 is 0. The number of aliphatic hydroxyl groups is 1. The number of aliphatic hydroxyl groups excluding tert-OH is 1.